The summed E-state index contributed by atoms with van der Waals surface area (Å²) in [6.45, 7) is 2.78. The molecule has 1 saturated carbocycles. The molecule has 19 heavy (non-hydrogen) atoms. The highest BCUT2D eigenvalue weighted by atomic mass is 16.4. The fourth-order valence-electron chi connectivity index (χ4n) is 3.57. The van der Waals surface area contributed by atoms with Crippen molar-refractivity contribution in [2.45, 2.75) is 51.5 Å². The quantitative estimate of drug-likeness (QED) is 0.908. The summed E-state index contributed by atoms with van der Waals surface area (Å²) >= 11 is 0. The molecule has 106 valence electrons. The first-order valence-electron chi connectivity index (χ1n) is 7.53. The first-order chi connectivity index (χ1) is 9.31. The molecule has 2 fully saturated rings. The highest BCUT2D eigenvalue weighted by Gasteiger charge is 2.36. The van der Waals surface area contributed by atoms with Crippen molar-refractivity contribution in [2.24, 2.45) is 5.41 Å². The molecule has 5 nitrogen and oxygen atoms in total. The van der Waals surface area contributed by atoms with Crippen molar-refractivity contribution in [1.29, 1.82) is 0 Å². The third-order valence-electron chi connectivity index (χ3n) is 4.79. The van der Waals surface area contributed by atoms with Crippen LogP contribution in [-0.2, 0) is 6.54 Å². The normalized spacial score (nSPS) is 22.9. The van der Waals surface area contributed by atoms with E-state index in [1.54, 1.807) is 0 Å². The summed E-state index contributed by atoms with van der Waals surface area (Å²) in [6, 6.07) is 0.705. The van der Waals surface area contributed by atoms with E-state index in [1.807, 2.05) is 7.05 Å². The fourth-order valence-corrected chi connectivity index (χ4v) is 3.57. The van der Waals surface area contributed by atoms with E-state index in [-0.39, 0.29) is 0 Å². The van der Waals surface area contributed by atoms with Gasteiger partial charge in [0, 0.05) is 13.1 Å². The van der Waals surface area contributed by atoms with Gasteiger partial charge in [-0.3, -0.25) is 0 Å². The highest BCUT2D eigenvalue weighted by Crippen LogP contribution is 2.44. The van der Waals surface area contributed by atoms with Crippen molar-refractivity contribution in [3.05, 3.63) is 5.89 Å². The van der Waals surface area contributed by atoms with Gasteiger partial charge in [-0.1, -0.05) is 24.4 Å². The van der Waals surface area contributed by atoms with E-state index in [1.165, 1.54) is 44.9 Å². The largest absolute Gasteiger partial charge is 0.407 e. The Balaban J connectivity index is 1.59. The number of hydrogen-bond donors (Lipinski definition) is 1. The zero-order valence-electron chi connectivity index (χ0n) is 11.8. The van der Waals surface area contributed by atoms with Gasteiger partial charge in [-0.05, 0) is 38.1 Å². The summed E-state index contributed by atoms with van der Waals surface area (Å²) < 4.78 is 5.68. The molecule has 0 bridgehead atoms. The first-order valence-corrected chi connectivity index (χ1v) is 7.53. The minimum Gasteiger partial charge on any atom is -0.407 e. The van der Waals surface area contributed by atoms with Gasteiger partial charge >= 0.3 is 6.01 Å². The zero-order valence-corrected chi connectivity index (χ0v) is 11.8. The fraction of sp³-hybridized carbons (Fsp3) is 0.857. The monoisotopic (exact) mass is 264 g/mol. The SMILES string of the molecule is CNCc1nnc(N2CCC3(CCCCC3)CC2)o1. The van der Waals surface area contributed by atoms with Gasteiger partial charge in [-0.15, -0.1) is 5.10 Å². The van der Waals surface area contributed by atoms with Crippen molar-refractivity contribution >= 4 is 6.01 Å². The Hall–Kier alpha value is -1.10. The molecule has 1 spiro atoms. The van der Waals surface area contributed by atoms with E-state index in [9.17, 15) is 0 Å². The summed E-state index contributed by atoms with van der Waals surface area (Å²) in [7, 11) is 1.89. The van der Waals surface area contributed by atoms with Gasteiger partial charge in [0.05, 0.1) is 6.54 Å². The molecule has 1 N–H and O–H groups in total. The Morgan fingerprint density at radius 3 is 2.53 bits per heavy atom. The van der Waals surface area contributed by atoms with Crippen molar-refractivity contribution in [3.8, 4) is 0 Å². The van der Waals surface area contributed by atoms with E-state index in [4.69, 9.17) is 4.42 Å². The van der Waals surface area contributed by atoms with Crippen LogP contribution in [0.2, 0.25) is 0 Å². The number of hydrogen-bond acceptors (Lipinski definition) is 5. The van der Waals surface area contributed by atoms with Gasteiger partial charge in [0.1, 0.15) is 0 Å². The number of nitrogens with zero attached hydrogens (tertiary/aromatic N) is 3. The second-order valence-corrected chi connectivity index (χ2v) is 6.06. The van der Waals surface area contributed by atoms with Crippen LogP contribution in [0.4, 0.5) is 6.01 Å². The smallest absolute Gasteiger partial charge is 0.318 e. The Bertz CT molecular complexity index is 401. The van der Waals surface area contributed by atoms with E-state index in [2.05, 4.69) is 20.4 Å². The highest BCUT2D eigenvalue weighted by molar-refractivity contribution is 5.25. The van der Waals surface area contributed by atoms with Gasteiger partial charge in [0.15, 0.2) is 0 Å². The maximum Gasteiger partial charge on any atom is 0.318 e. The predicted molar refractivity (Wildman–Crippen MR) is 74.0 cm³/mol. The van der Waals surface area contributed by atoms with Crippen LogP contribution in [0.3, 0.4) is 0 Å². The van der Waals surface area contributed by atoms with E-state index in [0.717, 1.165) is 13.1 Å². The molecular formula is C14H24N4O. The average molecular weight is 264 g/mol. The lowest BCUT2D eigenvalue weighted by Gasteiger charge is -2.43. The number of piperidine rings is 1. The maximum absolute atomic E-state index is 5.68. The molecule has 1 aliphatic heterocycles. The summed E-state index contributed by atoms with van der Waals surface area (Å²) in [5, 5.41) is 11.3. The standard InChI is InChI=1S/C14H24N4O/c1-15-11-12-16-17-13(19-12)18-9-7-14(8-10-18)5-3-2-4-6-14/h15H,2-11H2,1H3. The van der Waals surface area contributed by atoms with Crippen LogP contribution < -0.4 is 10.2 Å². The molecule has 0 aromatic carbocycles. The lowest BCUT2D eigenvalue weighted by molar-refractivity contribution is 0.142. The molecule has 2 aliphatic rings. The molecule has 0 amide bonds. The van der Waals surface area contributed by atoms with E-state index >= 15 is 0 Å². The predicted octanol–water partition coefficient (Wildman–Crippen LogP) is 2.34. The topological polar surface area (TPSA) is 54.2 Å². The van der Waals surface area contributed by atoms with Gasteiger partial charge in [0.2, 0.25) is 5.89 Å². The van der Waals surface area contributed by atoms with Crippen molar-refractivity contribution in [2.75, 3.05) is 25.0 Å². The molecule has 0 atom stereocenters. The Kier molecular flexibility index (Phi) is 3.73. The molecule has 0 radical (unpaired) electrons. The van der Waals surface area contributed by atoms with Crippen LogP contribution in [0, 0.1) is 5.41 Å². The van der Waals surface area contributed by atoms with Crippen LogP contribution in [-0.4, -0.2) is 30.3 Å². The Morgan fingerprint density at radius 1 is 1.11 bits per heavy atom. The minimum atomic E-state index is 0.628. The van der Waals surface area contributed by atoms with E-state index < -0.39 is 0 Å². The molecule has 0 unspecified atom stereocenters. The Morgan fingerprint density at radius 2 is 1.84 bits per heavy atom. The van der Waals surface area contributed by atoms with Crippen LogP contribution in [0.5, 0.6) is 0 Å². The number of aromatic nitrogens is 2. The first kappa shape index (κ1) is 12.9. The lowest BCUT2D eigenvalue weighted by atomic mass is 9.68. The zero-order chi connectivity index (χ0) is 13.1. The van der Waals surface area contributed by atoms with Gasteiger partial charge in [0.25, 0.3) is 0 Å². The summed E-state index contributed by atoms with van der Waals surface area (Å²) in [5.74, 6) is 0.676. The molecular weight excluding hydrogens is 240 g/mol. The Labute approximate surface area is 114 Å². The second kappa shape index (κ2) is 5.49. The molecule has 5 heteroatoms. The number of anilines is 1. The summed E-state index contributed by atoms with van der Waals surface area (Å²) in [6.07, 6.45) is 9.71. The van der Waals surface area contributed by atoms with Crippen LogP contribution >= 0.6 is 0 Å². The van der Waals surface area contributed by atoms with Crippen molar-refractivity contribution in [3.63, 3.8) is 0 Å². The van der Waals surface area contributed by atoms with Gasteiger partial charge in [-0.2, -0.15) is 0 Å². The number of rotatable bonds is 3. The van der Waals surface area contributed by atoms with Crippen LogP contribution in [0.1, 0.15) is 50.8 Å². The lowest BCUT2D eigenvalue weighted by Crippen LogP contribution is -2.41. The maximum atomic E-state index is 5.68. The third kappa shape index (κ3) is 2.76. The van der Waals surface area contributed by atoms with Gasteiger partial charge < -0.3 is 14.6 Å². The minimum absolute atomic E-state index is 0.628. The third-order valence-corrected chi connectivity index (χ3v) is 4.79. The van der Waals surface area contributed by atoms with Crippen molar-refractivity contribution < 1.29 is 4.42 Å². The van der Waals surface area contributed by atoms with Crippen LogP contribution in [0.15, 0.2) is 4.42 Å². The van der Waals surface area contributed by atoms with Gasteiger partial charge in [-0.25, -0.2) is 0 Å². The molecule has 2 heterocycles. The molecule has 1 aromatic rings. The van der Waals surface area contributed by atoms with Crippen molar-refractivity contribution in [1.82, 2.24) is 15.5 Å². The summed E-state index contributed by atoms with van der Waals surface area (Å²) in [5.41, 5.74) is 0.628. The molecule has 1 aromatic heterocycles. The van der Waals surface area contributed by atoms with E-state index in [0.29, 0.717) is 23.9 Å². The van der Waals surface area contributed by atoms with Crippen LogP contribution in [0.25, 0.3) is 0 Å². The average Bonchev–Trinajstić information content (AvgIpc) is 2.90. The summed E-state index contributed by atoms with van der Waals surface area (Å²) in [4.78, 5) is 2.26. The molecule has 1 saturated heterocycles. The number of nitrogens with one attached hydrogen (secondary N) is 1. The second-order valence-electron chi connectivity index (χ2n) is 6.06. The molecule has 1 aliphatic carbocycles. The molecule has 3 rings (SSSR count).